The van der Waals surface area contributed by atoms with Crippen LogP contribution < -0.4 is 0 Å². The third-order valence-electron chi connectivity index (χ3n) is 3.37. The maximum atomic E-state index is 9.03. The fraction of sp³-hybridized carbons (Fsp3) is 0.312. The molecule has 0 atom stereocenters. The van der Waals surface area contributed by atoms with Crippen molar-refractivity contribution < 1.29 is 4.42 Å². The lowest BCUT2D eigenvalue weighted by Crippen LogP contribution is -2.06. The smallest absolute Gasteiger partial charge is 0.192 e. The summed E-state index contributed by atoms with van der Waals surface area (Å²) in [6.45, 7) is 7.05. The first kappa shape index (κ1) is 13.4. The van der Waals surface area contributed by atoms with E-state index in [4.69, 9.17) is 9.68 Å². The number of aryl methyl sites for hydroxylation is 1. The largest absolute Gasteiger partial charge is 0.440 e. The lowest BCUT2D eigenvalue weighted by molar-refractivity contribution is 0.520. The van der Waals surface area contributed by atoms with Crippen molar-refractivity contribution in [3.8, 4) is 17.7 Å². The van der Waals surface area contributed by atoms with Crippen LogP contribution in [0.4, 0.5) is 0 Å². The van der Waals surface area contributed by atoms with Gasteiger partial charge in [0.05, 0.1) is 28.4 Å². The first-order valence-electron chi connectivity index (χ1n) is 6.91. The second-order valence-electron chi connectivity index (χ2n) is 5.52. The lowest BCUT2D eigenvalue weighted by atomic mass is 10.2. The Morgan fingerprint density at radius 1 is 1.38 bits per heavy atom. The molecule has 21 heavy (non-hydrogen) atoms. The fourth-order valence-electron chi connectivity index (χ4n) is 2.44. The van der Waals surface area contributed by atoms with Crippen LogP contribution in [0.5, 0.6) is 0 Å². The number of hydrogen-bond acceptors (Lipinski definition) is 4. The number of imidazole rings is 1. The number of aromatic nitrogens is 3. The van der Waals surface area contributed by atoms with Crippen LogP contribution >= 0.6 is 0 Å². The van der Waals surface area contributed by atoms with Gasteiger partial charge in [-0.05, 0) is 31.0 Å². The highest BCUT2D eigenvalue weighted by Gasteiger charge is 2.18. The van der Waals surface area contributed by atoms with Gasteiger partial charge in [0, 0.05) is 6.54 Å². The van der Waals surface area contributed by atoms with E-state index in [1.807, 2.05) is 19.1 Å². The molecule has 0 N–H and O–H groups in total. The van der Waals surface area contributed by atoms with E-state index in [9.17, 15) is 0 Å². The molecule has 5 heteroatoms. The zero-order chi connectivity index (χ0) is 15.0. The van der Waals surface area contributed by atoms with Crippen LogP contribution in [-0.2, 0) is 6.54 Å². The van der Waals surface area contributed by atoms with E-state index in [-0.39, 0.29) is 0 Å². The van der Waals surface area contributed by atoms with Crippen molar-refractivity contribution in [3.63, 3.8) is 0 Å². The predicted molar refractivity (Wildman–Crippen MR) is 79.5 cm³/mol. The third kappa shape index (κ3) is 2.29. The zero-order valence-electron chi connectivity index (χ0n) is 12.3. The van der Waals surface area contributed by atoms with E-state index in [0.29, 0.717) is 17.2 Å². The number of hydrogen-bond donors (Lipinski definition) is 0. The topological polar surface area (TPSA) is 67.6 Å². The highest BCUT2D eigenvalue weighted by atomic mass is 16.3. The molecule has 0 aliphatic heterocycles. The van der Waals surface area contributed by atoms with E-state index < -0.39 is 0 Å². The molecule has 106 valence electrons. The van der Waals surface area contributed by atoms with Gasteiger partial charge < -0.3 is 8.98 Å². The maximum absolute atomic E-state index is 9.03. The molecule has 0 fully saturated rings. The van der Waals surface area contributed by atoms with Crippen LogP contribution in [0.25, 0.3) is 22.6 Å². The Morgan fingerprint density at radius 3 is 2.81 bits per heavy atom. The molecular weight excluding hydrogens is 264 g/mol. The van der Waals surface area contributed by atoms with Gasteiger partial charge in [-0.15, -0.1) is 0 Å². The van der Waals surface area contributed by atoms with Crippen molar-refractivity contribution in [2.75, 3.05) is 0 Å². The Balaban J connectivity index is 2.27. The number of benzene rings is 1. The van der Waals surface area contributed by atoms with Crippen LogP contribution in [-0.4, -0.2) is 14.5 Å². The van der Waals surface area contributed by atoms with Crippen LogP contribution in [0, 0.1) is 24.2 Å². The van der Waals surface area contributed by atoms with Gasteiger partial charge in [-0.25, -0.2) is 9.97 Å². The Hall–Kier alpha value is -2.61. The number of nitrogens with zero attached hydrogens (tertiary/aromatic N) is 4. The predicted octanol–water partition coefficient (Wildman–Crippen LogP) is 3.53. The van der Waals surface area contributed by atoms with Gasteiger partial charge in [0.1, 0.15) is 0 Å². The minimum atomic E-state index is 0.472. The Morgan fingerprint density at radius 2 is 2.19 bits per heavy atom. The first-order valence-corrected chi connectivity index (χ1v) is 6.91. The molecule has 0 aliphatic carbocycles. The number of oxazole rings is 1. The standard InChI is InChI=1S/C16H16N4O/c1-10(2)8-20-14-5-4-12(7-17)6-13(14)19-16(20)15-11(3)18-9-21-15/h4-6,9-10H,8H2,1-3H3. The molecule has 0 aliphatic rings. The first-order chi connectivity index (χ1) is 10.1. The van der Waals surface area contributed by atoms with Gasteiger partial charge in [0.15, 0.2) is 18.0 Å². The van der Waals surface area contributed by atoms with Gasteiger partial charge in [-0.2, -0.15) is 5.26 Å². The number of rotatable bonds is 3. The molecule has 0 saturated carbocycles. The lowest BCUT2D eigenvalue weighted by Gasteiger charge is -2.10. The molecular formula is C16H16N4O. The molecule has 0 unspecified atom stereocenters. The minimum absolute atomic E-state index is 0.472. The minimum Gasteiger partial charge on any atom is -0.440 e. The summed E-state index contributed by atoms with van der Waals surface area (Å²) in [6, 6.07) is 7.72. The molecule has 2 heterocycles. The molecule has 0 radical (unpaired) electrons. The van der Waals surface area contributed by atoms with E-state index in [2.05, 4.69) is 34.5 Å². The zero-order valence-corrected chi connectivity index (χ0v) is 12.3. The molecule has 3 rings (SSSR count). The second-order valence-corrected chi connectivity index (χ2v) is 5.52. The van der Waals surface area contributed by atoms with E-state index in [0.717, 1.165) is 29.1 Å². The fourth-order valence-corrected chi connectivity index (χ4v) is 2.44. The molecule has 2 aromatic heterocycles. The van der Waals surface area contributed by atoms with Crippen molar-refractivity contribution in [3.05, 3.63) is 35.9 Å². The molecule has 3 aromatic rings. The van der Waals surface area contributed by atoms with Crippen molar-refractivity contribution in [1.82, 2.24) is 14.5 Å². The van der Waals surface area contributed by atoms with Crippen LogP contribution in [0.3, 0.4) is 0 Å². The van der Waals surface area contributed by atoms with Gasteiger partial charge in [0.25, 0.3) is 0 Å². The highest BCUT2D eigenvalue weighted by molar-refractivity contribution is 5.81. The molecule has 0 amide bonds. The molecule has 5 nitrogen and oxygen atoms in total. The molecule has 0 spiro atoms. The molecule has 1 aromatic carbocycles. The molecule has 0 bridgehead atoms. The third-order valence-corrected chi connectivity index (χ3v) is 3.37. The maximum Gasteiger partial charge on any atom is 0.192 e. The van der Waals surface area contributed by atoms with Crippen molar-refractivity contribution in [1.29, 1.82) is 5.26 Å². The quantitative estimate of drug-likeness (QED) is 0.736. The SMILES string of the molecule is Cc1ncoc1-c1nc2cc(C#N)ccc2n1CC(C)C. The van der Waals surface area contributed by atoms with Gasteiger partial charge in [0.2, 0.25) is 0 Å². The summed E-state index contributed by atoms with van der Waals surface area (Å²) < 4.78 is 7.63. The Kier molecular flexibility index (Phi) is 3.22. The summed E-state index contributed by atoms with van der Waals surface area (Å²) in [5.41, 5.74) is 3.24. The monoisotopic (exact) mass is 280 g/mol. The summed E-state index contributed by atoms with van der Waals surface area (Å²) >= 11 is 0. The van der Waals surface area contributed by atoms with E-state index in [1.165, 1.54) is 6.39 Å². The van der Waals surface area contributed by atoms with Gasteiger partial charge in [-0.1, -0.05) is 13.8 Å². The van der Waals surface area contributed by atoms with Crippen molar-refractivity contribution >= 4 is 11.0 Å². The summed E-state index contributed by atoms with van der Waals surface area (Å²) in [7, 11) is 0. The highest BCUT2D eigenvalue weighted by Crippen LogP contribution is 2.28. The number of nitriles is 1. The van der Waals surface area contributed by atoms with Gasteiger partial charge >= 0.3 is 0 Å². The van der Waals surface area contributed by atoms with Crippen molar-refractivity contribution in [2.24, 2.45) is 5.92 Å². The Labute approximate surface area is 122 Å². The normalized spacial score (nSPS) is 11.2. The van der Waals surface area contributed by atoms with E-state index in [1.54, 1.807) is 6.07 Å². The summed E-state index contributed by atoms with van der Waals surface area (Å²) in [4.78, 5) is 8.80. The summed E-state index contributed by atoms with van der Waals surface area (Å²) in [5.74, 6) is 1.93. The van der Waals surface area contributed by atoms with Crippen LogP contribution in [0.1, 0.15) is 25.1 Å². The summed E-state index contributed by atoms with van der Waals surface area (Å²) in [5, 5.41) is 9.03. The average molecular weight is 280 g/mol. The van der Waals surface area contributed by atoms with Crippen LogP contribution in [0.2, 0.25) is 0 Å². The van der Waals surface area contributed by atoms with Crippen molar-refractivity contribution in [2.45, 2.75) is 27.3 Å². The van der Waals surface area contributed by atoms with E-state index >= 15 is 0 Å². The second kappa shape index (κ2) is 5.06. The molecule has 0 saturated heterocycles. The van der Waals surface area contributed by atoms with Gasteiger partial charge in [-0.3, -0.25) is 0 Å². The number of fused-ring (bicyclic) bond motifs is 1. The van der Waals surface area contributed by atoms with Crippen LogP contribution in [0.15, 0.2) is 29.0 Å². The Bertz CT molecular complexity index is 836. The average Bonchev–Trinajstić information content (AvgIpc) is 3.02. The summed E-state index contributed by atoms with van der Waals surface area (Å²) in [6.07, 6.45) is 1.43.